The molecule has 3 rings (SSSR count). The largest absolute Gasteiger partial charge is 0.474 e. The maximum absolute atomic E-state index is 13.1. The van der Waals surface area contributed by atoms with E-state index >= 15 is 0 Å². The van der Waals surface area contributed by atoms with Crippen LogP contribution in [0.5, 0.6) is 5.88 Å². The monoisotopic (exact) mass is 363 g/mol. The maximum atomic E-state index is 13.1. The third-order valence-corrected chi connectivity index (χ3v) is 4.32. The summed E-state index contributed by atoms with van der Waals surface area (Å²) in [4.78, 5) is 16.6. The van der Waals surface area contributed by atoms with Gasteiger partial charge >= 0.3 is 0 Å². The highest BCUT2D eigenvalue weighted by Crippen LogP contribution is 2.21. The quantitative estimate of drug-likeness (QED) is 0.870. The van der Waals surface area contributed by atoms with E-state index in [2.05, 4.69) is 22.5 Å². The summed E-state index contributed by atoms with van der Waals surface area (Å²) < 4.78 is 19.0. The van der Waals surface area contributed by atoms with Gasteiger partial charge < -0.3 is 15.4 Å². The highest BCUT2D eigenvalue weighted by Gasteiger charge is 2.20. The molecule has 2 N–H and O–H groups in total. The number of benzene rings is 1. The van der Waals surface area contributed by atoms with Crippen molar-refractivity contribution in [3.63, 3.8) is 0 Å². The van der Waals surface area contributed by atoms with Gasteiger partial charge in [0.2, 0.25) is 5.88 Å². The Labute approximate surface area is 150 Å². The van der Waals surface area contributed by atoms with E-state index in [9.17, 15) is 9.18 Å². The summed E-state index contributed by atoms with van der Waals surface area (Å²) >= 11 is 5.91. The van der Waals surface area contributed by atoms with Crippen molar-refractivity contribution in [3.05, 3.63) is 52.8 Å². The second-order valence-corrected chi connectivity index (χ2v) is 6.47. The Hall–Kier alpha value is -2.18. The standard InChI is InChI=1S/C18H19ClFN3O2/c1-11-9-13(7-8-21-11)25-17-4-2-3-16(22-17)23-18(24)14-6-5-12(20)10-15(14)19/h2-6,10-11,13,21H,7-9H2,1H3,(H,22,23,24)/t11-,13?/m1/s1. The number of carbonyl (C=O) groups excluding carboxylic acids is 1. The number of rotatable bonds is 4. The average Bonchev–Trinajstić information content (AvgIpc) is 2.55. The Kier molecular flexibility index (Phi) is 5.50. The van der Waals surface area contributed by atoms with E-state index < -0.39 is 11.7 Å². The zero-order chi connectivity index (χ0) is 17.8. The number of pyridine rings is 1. The number of hydrogen-bond acceptors (Lipinski definition) is 4. The lowest BCUT2D eigenvalue weighted by atomic mass is 10.0. The molecule has 1 amide bonds. The van der Waals surface area contributed by atoms with Crippen molar-refractivity contribution in [2.45, 2.75) is 31.9 Å². The molecule has 1 aromatic carbocycles. The fraction of sp³-hybridized carbons (Fsp3) is 0.333. The van der Waals surface area contributed by atoms with Gasteiger partial charge in [0.25, 0.3) is 5.91 Å². The fourth-order valence-electron chi connectivity index (χ4n) is 2.77. The topological polar surface area (TPSA) is 63.2 Å². The van der Waals surface area contributed by atoms with Gasteiger partial charge in [0, 0.05) is 12.1 Å². The van der Waals surface area contributed by atoms with E-state index in [1.54, 1.807) is 18.2 Å². The zero-order valence-electron chi connectivity index (χ0n) is 13.8. The lowest BCUT2D eigenvalue weighted by molar-refractivity contribution is 0.102. The molecular formula is C18H19ClFN3O2. The van der Waals surface area contributed by atoms with Crippen LogP contribution >= 0.6 is 11.6 Å². The van der Waals surface area contributed by atoms with Gasteiger partial charge in [-0.25, -0.2) is 4.39 Å². The van der Waals surface area contributed by atoms with Crippen molar-refractivity contribution in [1.29, 1.82) is 0 Å². The van der Waals surface area contributed by atoms with Gasteiger partial charge in [0.05, 0.1) is 10.6 Å². The number of halogens is 2. The molecule has 0 spiro atoms. The number of carbonyl (C=O) groups is 1. The number of nitrogens with one attached hydrogen (secondary N) is 2. The molecule has 1 fully saturated rings. The van der Waals surface area contributed by atoms with E-state index in [0.29, 0.717) is 17.7 Å². The summed E-state index contributed by atoms with van der Waals surface area (Å²) in [6, 6.07) is 9.20. The Morgan fingerprint density at radius 3 is 3.00 bits per heavy atom. The molecule has 132 valence electrons. The van der Waals surface area contributed by atoms with Gasteiger partial charge in [-0.15, -0.1) is 0 Å². The molecule has 1 unspecified atom stereocenters. The summed E-state index contributed by atoms with van der Waals surface area (Å²) in [5.74, 6) is -0.136. The Balaban J connectivity index is 1.67. The van der Waals surface area contributed by atoms with Crippen molar-refractivity contribution >= 4 is 23.3 Å². The van der Waals surface area contributed by atoms with E-state index in [1.807, 2.05) is 0 Å². The normalized spacial score (nSPS) is 20.1. The zero-order valence-corrected chi connectivity index (χ0v) is 14.5. The predicted octanol–water partition coefficient (Wildman–Crippen LogP) is 3.65. The first-order chi connectivity index (χ1) is 12.0. The molecule has 7 heteroatoms. The van der Waals surface area contributed by atoms with Gasteiger partial charge in [-0.05, 0) is 50.6 Å². The lowest BCUT2D eigenvalue weighted by Gasteiger charge is -2.28. The van der Waals surface area contributed by atoms with Crippen LogP contribution in [0, 0.1) is 5.82 Å². The van der Waals surface area contributed by atoms with Crippen molar-refractivity contribution in [2.75, 3.05) is 11.9 Å². The highest BCUT2D eigenvalue weighted by atomic mass is 35.5. The Morgan fingerprint density at radius 2 is 2.24 bits per heavy atom. The van der Waals surface area contributed by atoms with Crippen LogP contribution in [0.2, 0.25) is 5.02 Å². The first kappa shape index (κ1) is 17.6. The molecule has 2 atom stereocenters. The van der Waals surface area contributed by atoms with Crippen molar-refractivity contribution in [3.8, 4) is 5.88 Å². The summed E-state index contributed by atoms with van der Waals surface area (Å²) in [6.45, 7) is 3.03. The molecule has 5 nitrogen and oxygen atoms in total. The molecule has 2 aromatic rings. The van der Waals surface area contributed by atoms with Crippen LogP contribution in [0.1, 0.15) is 30.1 Å². The summed E-state index contributed by atoms with van der Waals surface area (Å²) in [5.41, 5.74) is 0.184. The second kappa shape index (κ2) is 7.80. The Bertz CT molecular complexity index is 772. The minimum atomic E-state index is -0.494. The van der Waals surface area contributed by atoms with Crippen LogP contribution in [-0.2, 0) is 0 Å². The van der Waals surface area contributed by atoms with Crippen LogP contribution in [-0.4, -0.2) is 29.6 Å². The number of anilines is 1. The number of nitrogens with zero attached hydrogens (tertiary/aromatic N) is 1. The molecule has 1 aliphatic heterocycles. The smallest absolute Gasteiger partial charge is 0.258 e. The van der Waals surface area contributed by atoms with Gasteiger partial charge in [0.1, 0.15) is 17.7 Å². The second-order valence-electron chi connectivity index (χ2n) is 6.06. The molecule has 0 bridgehead atoms. The molecule has 1 aliphatic rings. The molecule has 1 saturated heterocycles. The molecule has 25 heavy (non-hydrogen) atoms. The van der Waals surface area contributed by atoms with Crippen LogP contribution < -0.4 is 15.4 Å². The van der Waals surface area contributed by atoms with Crippen molar-refractivity contribution < 1.29 is 13.9 Å². The predicted molar refractivity (Wildman–Crippen MR) is 94.7 cm³/mol. The number of aromatic nitrogens is 1. The summed E-state index contributed by atoms with van der Waals surface area (Å²) in [6.07, 6.45) is 1.92. The lowest BCUT2D eigenvalue weighted by Crippen LogP contribution is -2.40. The van der Waals surface area contributed by atoms with E-state index in [0.717, 1.165) is 25.5 Å². The van der Waals surface area contributed by atoms with Gasteiger partial charge in [-0.2, -0.15) is 4.98 Å². The minimum absolute atomic E-state index is 0.0496. The Morgan fingerprint density at radius 1 is 1.40 bits per heavy atom. The van der Waals surface area contributed by atoms with Crippen LogP contribution in [0.3, 0.4) is 0 Å². The van der Waals surface area contributed by atoms with Gasteiger partial charge in [-0.3, -0.25) is 4.79 Å². The molecule has 0 aliphatic carbocycles. The first-order valence-corrected chi connectivity index (χ1v) is 8.52. The minimum Gasteiger partial charge on any atom is -0.474 e. The first-order valence-electron chi connectivity index (χ1n) is 8.15. The summed E-state index contributed by atoms with van der Waals surface area (Å²) in [7, 11) is 0. The number of ether oxygens (including phenoxy) is 1. The SMILES string of the molecule is C[C@@H]1CC(Oc2cccc(NC(=O)c3ccc(F)cc3Cl)n2)CCN1. The number of amides is 1. The van der Waals surface area contributed by atoms with Crippen molar-refractivity contribution in [1.82, 2.24) is 10.3 Å². The van der Waals surface area contributed by atoms with E-state index in [4.69, 9.17) is 16.3 Å². The highest BCUT2D eigenvalue weighted by molar-refractivity contribution is 6.34. The van der Waals surface area contributed by atoms with Crippen LogP contribution in [0.4, 0.5) is 10.2 Å². The van der Waals surface area contributed by atoms with E-state index in [-0.39, 0.29) is 16.7 Å². The summed E-state index contributed by atoms with van der Waals surface area (Å²) in [5, 5.41) is 6.07. The number of hydrogen-bond donors (Lipinski definition) is 2. The molecular weight excluding hydrogens is 345 g/mol. The molecule has 2 heterocycles. The third kappa shape index (κ3) is 4.67. The van der Waals surface area contributed by atoms with Gasteiger partial charge in [-0.1, -0.05) is 17.7 Å². The third-order valence-electron chi connectivity index (χ3n) is 4.00. The molecule has 1 aromatic heterocycles. The fourth-order valence-corrected chi connectivity index (χ4v) is 3.02. The molecule has 0 saturated carbocycles. The van der Waals surface area contributed by atoms with Crippen LogP contribution in [0.15, 0.2) is 36.4 Å². The maximum Gasteiger partial charge on any atom is 0.258 e. The number of piperidine rings is 1. The van der Waals surface area contributed by atoms with Gasteiger partial charge in [0.15, 0.2) is 0 Å². The van der Waals surface area contributed by atoms with Crippen LogP contribution in [0.25, 0.3) is 0 Å². The average molecular weight is 364 g/mol. The van der Waals surface area contributed by atoms with E-state index in [1.165, 1.54) is 12.1 Å². The molecule has 0 radical (unpaired) electrons. The van der Waals surface area contributed by atoms with Crippen molar-refractivity contribution in [2.24, 2.45) is 0 Å².